The molecule has 124 valence electrons. The first-order valence-corrected chi connectivity index (χ1v) is 8.55. The number of sulfonamides is 1. The van der Waals surface area contributed by atoms with Crippen LogP contribution >= 0.6 is 0 Å². The lowest BCUT2D eigenvalue weighted by atomic mass is 10.2. The summed E-state index contributed by atoms with van der Waals surface area (Å²) >= 11 is 0. The molecule has 0 aliphatic rings. The summed E-state index contributed by atoms with van der Waals surface area (Å²) in [5.41, 5.74) is 1.06. The molecule has 3 N–H and O–H groups in total. The largest absolute Gasteiger partial charge is 0.338 e. The van der Waals surface area contributed by atoms with E-state index in [1.165, 1.54) is 36.4 Å². The van der Waals surface area contributed by atoms with E-state index >= 15 is 0 Å². The van der Waals surface area contributed by atoms with Crippen LogP contribution in [0.1, 0.15) is 0 Å². The van der Waals surface area contributed by atoms with Crippen LogP contribution in [0.2, 0.25) is 0 Å². The van der Waals surface area contributed by atoms with Gasteiger partial charge in [0.05, 0.1) is 10.4 Å². The second-order valence-electron chi connectivity index (χ2n) is 5.26. The highest BCUT2D eigenvalue weighted by Crippen LogP contribution is 2.18. The van der Waals surface area contributed by atoms with Gasteiger partial charge in [0.15, 0.2) is 0 Å². The van der Waals surface area contributed by atoms with Gasteiger partial charge in [0.25, 0.3) is 0 Å². The van der Waals surface area contributed by atoms with Gasteiger partial charge in [-0.25, -0.2) is 17.9 Å². The summed E-state index contributed by atoms with van der Waals surface area (Å²) in [5.74, 6) is -0.693. The summed E-state index contributed by atoms with van der Waals surface area (Å²) in [6.07, 6.45) is 1.70. The number of halogens is 1. The molecule has 0 aliphatic heterocycles. The van der Waals surface area contributed by atoms with E-state index in [1.807, 2.05) is 0 Å². The van der Waals surface area contributed by atoms with Crippen LogP contribution in [0.4, 0.5) is 10.1 Å². The average molecular weight is 347 g/mol. The van der Waals surface area contributed by atoms with Crippen LogP contribution < -0.4 is 10.5 Å². The molecular formula is C16H14FN3O3S. The molecule has 0 atom stereocenters. The van der Waals surface area contributed by atoms with Gasteiger partial charge in [-0.3, -0.25) is 4.79 Å². The third-order valence-corrected chi connectivity index (χ3v) is 4.45. The van der Waals surface area contributed by atoms with Crippen molar-refractivity contribution in [3.63, 3.8) is 0 Å². The van der Waals surface area contributed by atoms with E-state index in [2.05, 4.69) is 5.32 Å². The van der Waals surface area contributed by atoms with Crippen LogP contribution in [0, 0.1) is 5.82 Å². The third-order valence-electron chi connectivity index (χ3n) is 3.52. The Balaban J connectivity index is 1.74. The SMILES string of the molecule is NS(=O)(=O)c1ccc(NC(=O)Cn2ccc3ccc(F)cc32)cc1. The normalized spacial score (nSPS) is 11.6. The number of carbonyl (C=O) groups excluding carboxylic acids is 1. The number of fused-ring (bicyclic) bond motifs is 1. The Morgan fingerprint density at radius 2 is 1.83 bits per heavy atom. The molecule has 0 fully saturated rings. The number of rotatable bonds is 4. The molecule has 0 bridgehead atoms. The second-order valence-corrected chi connectivity index (χ2v) is 6.83. The summed E-state index contributed by atoms with van der Waals surface area (Å²) in [7, 11) is -3.77. The highest BCUT2D eigenvalue weighted by atomic mass is 32.2. The van der Waals surface area contributed by atoms with Crippen molar-refractivity contribution in [1.29, 1.82) is 0 Å². The first kappa shape index (κ1) is 16.2. The minimum atomic E-state index is -3.77. The van der Waals surface area contributed by atoms with Crippen LogP contribution in [0.3, 0.4) is 0 Å². The Labute approximate surface area is 137 Å². The smallest absolute Gasteiger partial charge is 0.244 e. The zero-order valence-corrected chi connectivity index (χ0v) is 13.3. The fraction of sp³-hybridized carbons (Fsp3) is 0.0625. The van der Waals surface area contributed by atoms with Crippen molar-refractivity contribution in [1.82, 2.24) is 4.57 Å². The Bertz CT molecular complexity index is 1010. The first-order chi connectivity index (χ1) is 11.3. The van der Waals surface area contributed by atoms with E-state index in [0.29, 0.717) is 11.2 Å². The predicted octanol–water partition coefficient (Wildman–Crippen LogP) is 2.07. The number of nitrogens with zero attached hydrogens (tertiary/aromatic N) is 1. The Morgan fingerprint density at radius 3 is 2.50 bits per heavy atom. The molecule has 0 radical (unpaired) electrons. The predicted molar refractivity (Wildman–Crippen MR) is 88.3 cm³/mol. The van der Waals surface area contributed by atoms with Gasteiger partial charge in [0.1, 0.15) is 12.4 Å². The van der Waals surface area contributed by atoms with Crippen LogP contribution in [0.25, 0.3) is 10.9 Å². The van der Waals surface area contributed by atoms with Crippen molar-refractivity contribution in [3.05, 3.63) is 60.5 Å². The molecule has 0 saturated carbocycles. The zero-order valence-electron chi connectivity index (χ0n) is 12.4. The van der Waals surface area contributed by atoms with Crippen LogP contribution in [0.5, 0.6) is 0 Å². The molecule has 6 nitrogen and oxygen atoms in total. The van der Waals surface area contributed by atoms with E-state index in [4.69, 9.17) is 5.14 Å². The number of carbonyl (C=O) groups is 1. The van der Waals surface area contributed by atoms with Gasteiger partial charge in [0.2, 0.25) is 15.9 Å². The summed E-state index contributed by atoms with van der Waals surface area (Å²) in [4.78, 5) is 12.1. The number of hydrogen-bond donors (Lipinski definition) is 2. The zero-order chi connectivity index (χ0) is 17.3. The number of nitrogens with one attached hydrogen (secondary N) is 1. The lowest BCUT2D eigenvalue weighted by Gasteiger charge is -2.08. The monoisotopic (exact) mass is 347 g/mol. The van der Waals surface area contributed by atoms with E-state index in [0.717, 1.165) is 5.39 Å². The number of hydrogen-bond acceptors (Lipinski definition) is 3. The number of nitrogens with two attached hydrogens (primary N) is 1. The minimum Gasteiger partial charge on any atom is -0.338 e. The average Bonchev–Trinajstić information content (AvgIpc) is 2.89. The molecule has 0 saturated heterocycles. The second kappa shape index (κ2) is 6.06. The molecule has 2 aromatic carbocycles. The fourth-order valence-corrected chi connectivity index (χ4v) is 2.89. The van der Waals surface area contributed by atoms with E-state index < -0.39 is 10.0 Å². The third kappa shape index (κ3) is 3.44. The number of aromatic nitrogens is 1. The van der Waals surface area contributed by atoms with Gasteiger partial charge in [-0.1, -0.05) is 0 Å². The number of primary sulfonamides is 1. The molecule has 0 unspecified atom stereocenters. The van der Waals surface area contributed by atoms with Crippen LogP contribution in [-0.4, -0.2) is 18.9 Å². The maximum Gasteiger partial charge on any atom is 0.244 e. The molecule has 3 rings (SSSR count). The summed E-state index contributed by atoms with van der Waals surface area (Å²) in [5, 5.41) is 8.50. The summed E-state index contributed by atoms with van der Waals surface area (Å²) in [6.45, 7) is 0.00386. The molecule has 0 spiro atoms. The van der Waals surface area contributed by atoms with Crippen molar-refractivity contribution < 1.29 is 17.6 Å². The van der Waals surface area contributed by atoms with Crippen LogP contribution in [-0.2, 0) is 21.4 Å². The lowest BCUT2D eigenvalue weighted by molar-refractivity contribution is -0.116. The summed E-state index contributed by atoms with van der Waals surface area (Å²) < 4.78 is 37.3. The van der Waals surface area contributed by atoms with Crippen molar-refractivity contribution >= 4 is 32.5 Å². The van der Waals surface area contributed by atoms with Gasteiger partial charge in [-0.05, 0) is 53.9 Å². The van der Waals surface area contributed by atoms with Crippen LogP contribution in [0.15, 0.2) is 59.6 Å². The van der Waals surface area contributed by atoms with Gasteiger partial charge in [-0.15, -0.1) is 0 Å². The fourth-order valence-electron chi connectivity index (χ4n) is 2.38. The summed E-state index contributed by atoms with van der Waals surface area (Å²) in [6, 6.07) is 11.7. The van der Waals surface area contributed by atoms with E-state index in [-0.39, 0.29) is 23.2 Å². The van der Waals surface area contributed by atoms with Gasteiger partial charge in [0, 0.05) is 11.9 Å². The standard InChI is InChI=1S/C16H14FN3O3S/c17-12-2-1-11-7-8-20(15(11)9-12)10-16(21)19-13-3-5-14(6-4-13)24(18,22)23/h1-9H,10H2,(H,19,21)(H2,18,22,23). The van der Waals surface area contributed by atoms with Gasteiger partial charge >= 0.3 is 0 Å². The first-order valence-electron chi connectivity index (χ1n) is 7.00. The van der Waals surface area contributed by atoms with Gasteiger partial charge < -0.3 is 9.88 Å². The molecule has 1 aromatic heterocycles. The number of benzene rings is 2. The van der Waals surface area contributed by atoms with E-state index in [9.17, 15) is 17.6 Å². The van der Waals surface area contributed by atoms with Crippen molar-refractivity contribution in [2.75, 3.05) is 5.32 Å². The highest BCUT2D eigenvalue weighted by molar-refractivity contribution is 7.89. The molecular weight excluding hydrogens is 333 g/mol. The lowest BCUT2D eigenvalue weighted by Crippen LogP contribution is -2.18. The highest BCUT2D eigenvalue weighted by Gasteiger charge is 2.10. The molecule has 3 aromatic rings. The molecule has 1 amide bonds. The van der Waals surface area contributed by atoms with E-state index in [1.54, 1.807) is 22.9 Å². The Kier molecular flexibility index (Phi) is 4.08. The molecule has 1 heterocycles. The molecule has 8 heteroatoms. The topological polar surface area (TPSA) is 94.2 Å². The maximum atomic E-state index is 13.3. The van der Waals surface area contributed by atoms with Gasteiger partial charge in [-0.2, -0.15) is 0 Å². The quantitative estimate of drug-likeness (QED) is 0.756. The maximum absolute atomic E-state index is 13.3. The minimum absolute atomic E-state index is 0.00386. The molecule has 24 heavy (non-hydrogen) atoms. The van der Waals surface area contributed by atoms with Crippen molar-refractivity contribution in [2.45, 2.75) is 11.4 Å². The Morgan fingerprint density at radius 1 is 1.12 bits per heavy atom. The van der Waals surface area contributed by atoms with Crippen molar-refractivity contribution in [2.24, 2.45) is 5.14 Å². The van der Waals surface area contributed by atoms with Crippen molar-refractivity contribution in [3.8, 4) is 0 Å². The number of amides is 1. The Hall–Kier alpha value is -2.71. The number of anilines is 1. The molecule has 0 aliphatic carbocycles.